The Morgan fingerprint density at radius 2 is 1.58 bits per heavy atom. The molecule has 9 rings (SSSR count). The number of nitrogens with zero attached hydrogens (tertiary/aromatic N) is 3. The predicted octanol–water partition coefficient (Wildman–Crippen LogP) is 12.1. The largest absolute Gasteiger partial charge is 0.501 e. The fraction of sp³-hybridized carbons (Fsp3) is 0.149. The molecule has 0 fully saturated rings. The first-order valence-corrected chi connectivity index (χ1v) is 24.8. The summed E-state index contributed by atoms with van der Waals surface area (Å²) in [5.41, 5.74) is 8.37. The molecule has 0 aliphatic rings. The van der Waals surface area contributed by atoms with Gasteiger partial charge in [0.1, 0.15) is 5.58 Å². The predicted molar refractivity (Wildman–Crippen MR) is 220 cm³/mol. The molecule has 0 atom stereocenters. The zero-order valence-electron chi connectivity index (χ0n) is 34.3. The molecule has 6 aromatic carbocycles. The average Bonchev–Trinajstić information content (AvgIpc) is 3.76. The summed E-state index contributed by atoms with van der Waals surface area (Å²) >= 11 is -2.14. The Hall–Kier alpha value is -4.81. The molecule has 0 aliphatic heterocycles. The quantitative estimate of drug-likeness (QED) is 0.128. The maximum Gasteiger partial charge on any atom is 0.120 e. The number of hydrogen-bond acceptors (Lipinski definition) is 3. The maximum absolute atomic E-state index is 8.49. The van der Waals surface area contributed by atoms with Crippen LogP contribution in [0, 0.1) is 19.0 Å². The Balaban J connectivity index is 0.000000179. The van der Waals surface area contributed by atoms with Crippen LogP contribution < -0.4 is 4.40 Å². The summed E-state index contributed by atoms with van der Waals surface area (Å²) in [6.07, 6.45) is 1.91. The molecule has 9 aromatic rings. The molecule has 0 saturated heterocycles. The van der Waals surface area contributed by atoms with E-state index >= 15 is 0 Å². The second-order valence-corrected chi connectivity index (χ2v) is 24.9. The minimum atomic E-state index is -2.14. The second-order valence-electron chi connectivity index (χ2n) is 14.3. The van der Waals surface area contributed by atoms with Crippen molar-refractivity contribution in [2.45, 2.75) is 43.9 Å². The van der Waals surface area contributed by atoms with Gasteiger partial charge in [-0.25, -0.2) is 0 Å². The molecule has 1 radical (unpaired) electrons. The van der Waals surface area contributed by atoms with Crippen molar-refractivity contribution < 1.29 is 30.0 Å². The van der Waals surface area contributed by atoms with Crippen LogP contribution in [0.1, 0.15) is 36.4 Å². The smallest absolute Gasteiger partial charge is 0.120 e. The summed E-state index contributed by atoms with van der Waals surface area (Å²) in [5, 5.41) is 4.59. The number of imidazole rings is 1. The Kier molecular flexibility index (Phi) is 8.91. The summed E-state index contributed by atoms with van der Waals surface area (Å²) in [4.78, 5) is 9.60. The van der Waals surface area contributed by atoms with Crippen LogP contribution in [0.15, 0.2) is 138 Å². The molecular weight excluding hydrogens is 887 g/mol. The Morgan fingerprint density at radius 1 is 0.811 bits per heavy atom. The van der Waals surface area contributed by atoms with E-state index in [1.54, 1.807) is 12.1 Å². The molecule has 0 amide bonds. The van der Waals surface area contributed by atoms with Crippen LogP contribution in [0.5, 0.6) is 0 Å². The van der Waals surface area contributed by atoms with Gasteiger partial charge in [-0.3, -0.25) is 4.98 Å². The van der Waals surface area contributed by atoms with E-state index in [-0.39, 0.29) is 25.7 Å². The van der Waals surface area contributed by atoms with E-state index in [0.717, 1.165) is 66.9 Å². The maximum atomic E-state index is 8.49. The van der Waals surface area contributed by atoms with Gasteiger partial charge in [-0.15, -0.1) is 18.2 Å². The number of aromatic nitrogens is 3. The molecule has 0 unspecified atom stereocenters. The van der Waals surface area contributed by atoms with Crippen molar-refractivity contribution in [3.05, 3.63) is 157 Å². The number of para-hydroxylation sites is 3. The molecule has 265 valence electrons. The van der Waals surface area contributed by atoms with Crippen LogP contribution in [-0.4, -0.2) is 27.8 Å². The van der Waals surface area contributed by atoms with Crippen LogP contribution in [0.4, 0.5) is 0 Å². The fourth-order valence-electron chi connectivity index (χ4n) is 6.83. The fourth-order valence-corrected chi connectivity index (χ4v) is 10.1. The Bertz CT molecular complexity index is 2890. The van der Waals surface area contributed by atoms with Gasteiger partial charge in [0, 0.05) is 31.2 Å². The van der Waals surface area contributed by atoms with E-state index in [1.807, 2.05) is 56.4 Å². The molecule has 0 aliphatic carbocycles. The molecule has 0 spiro atoms. The number of furan rings is 1. The van der Waals surface area contributed by atoms with Gasteiger partial charge in [-0.1, -0.05) is 71.6 Å². The monoisotopic (exact) mass is 934 g/mol. The van der Waals surface area contributed by atoms with Crippen molar-refractivity contribution in [2.24, 2.45) is 0 Å². The third-order valence-corrected chi connectivity index (χ3v) is 13.7. The van der Waals surface area contributed by atoms with Gasteiger partial charge in [0.15, 0.2) is 0 Å². The summed E-state index contributed by atoms with van der Waals surface area (Å²) in [6, 6.07) is 48.6. The molecule has 6 heteroatoms. The zero-order chi connectivity index (χ0) is 39.4. The third-order valence-electron chi connectivity index (χ3n) is 9.45. The first kappa shape index (κ1) is 31.7. The van der Waals surface area contributed by atoms with Crippen LogP contribution in [0.2, 0.25) is 17.3 Å². The summed E-state index contributed by atoms with van der Waals surface area (Å²) in [7, 11) is 0. The normalized spacial score (nSPS) is 13.2. The van der Waals surface area contributed by atoms with Crippen LogP contribution in [-0.2, 0) is 20.1 Å². The van der Waals surface area contributed by atoms with Gasteiger partial charge in [0.25, 0.3) is 0 Å². The van der Waals surface area contributed by atoms with Crippen LogP contribution in [0.25, 0.3) is 72.1 Å². The topological polar surface area (TPSA) is 43.9 Å². The van der Waals surface area contributed by atoms with E-state index in [2.05, 4.69) is 112 Å². The van der Waals surface area contributed by atoms with E-state index in [0.29, 0.717) is 0 Å². The van der Waals surface area contributed by atoms with E-state index in [9.17, 15) is 0 Å². The van der Waals surface area contributed by atoms with E-state index < -0.39 is 26.0 Å². The molecule has 0 saturated carbocycles. The average molecular weight is 933 g/mol. The second kappa shape index (κ2) is 14.9. The minimum absolute atomic E-state index is 0. The van der Waals surface area contributed by atoms with Gasteiger partial charge in [0.2, 0.25) is 0 Å². The summed E-state index contributed by atoms with van der Waals surface area (Å²) in [5.74, 6) is 7.01. The Morgan fingerprint density at radius 3 is 2.36 bits per heavy atom. The molecule has 0 N–H and O–H groups in total. The summed E-state index contributed by atoms with van der Waals surface area (Å²) < 4.78 is 40.6. The van der Waals surface area contributed by atoms with E-state index in [4.69, 9.17) is 14.9 Å². The molecular formula is C47H41GeIrN3O-2. The first-order chi connectivity index (χ1) is 26.7. The third kappa shape index (κ3) is 7.14. The van der Waals surface area contributed by atoms with Crippen molar-refractivity contribution in [3.63, 3.8) is 0 Å². The number of hydrogen-bond donors (Lipinski definition) is 0. The van der Waals surface area contributed by atoms with Crippen LogP contribution in [0.3, 0.4) is 0 Å². The van der Waals surface area contributed by atoms with Crippen molar-refractivity contribution >= 4 is 61.4 Å². The van der Waals surface area contributed by atoms with Crippen molar-refractivity contribution in [1.29, 1.82) is 0 Å². The number of fused-ring (bicyclic) bond motifs is 5. The minimum Gasteiger partial charge on any atom is -0.501 e. The molecule has 53 heavy (non-hydrogen) atoms. The van der Waals surface area contributed by atoms with Gasteiger partial charge in [-0.05, 0) is 41.1 Å². The van der Waals surface area contributed by atoms with Crippen LogP contribution >= 0.6 is 0 Å². The molecule has 0 bridgehead atoms. The Labute approximate surface area is 333 Å². The number of rotatable bonds is 5. The van der Waals surface area contributed by atoms with Crippen molar-refractivity contribution in [3.8, 4) is 28.3 Å². The van der Waals surface area contributed by atoms with Gasteiger partial charge in [-0.2, -0.15) is 0 Å². The molecule has 4 nitrogen and oxygen atoms in total. The van der Waals surface area contributed by atoms with Crippen molar-refractivity contribution in [1.82, 2.24) is 14.5 Å². The van der Waals surface area contributed by atoms with Gasteiger partial charge < -0.3 is 8.98 Å². The summed E-state index contributed by atoms with van der Waals surface area (Å²) in [6.45, 7) is 1.66. The standard InChI is InChI=1S/C29H17N2O.C18H24GeN.Ir/c1-2-9-20-18-21(17-16-19(20)8-1)31-26-14-5-4-13-25(26)30-29(31)24-12-7-11-23-22-10-3-6-15-27(22)32-28(23)24;1-13(2)16-11-18(15-9-7-14(3)8-10-15)20-12-17(16)19(4,5)6;/h1-11,13-18H;7-9,11-13H,1-6H3;/q2*-1;/i;3D3,13D;. The van der Waals surface area contributed by atoms with E-state index in [1.165, 1.54) is 21.2 Å². The van der Waals surface area contributed by atoms with Gasteiger partial charge in [0.05, 0.1) is 22.4 Å². The number of pyridine rings is 1. The number of aryl methyl sites for hydroxylation is 1. The molecule has 3 aromatic heterocycles. The SMILES string of the molecule is [2H]C([2H])([2H])c1c[c-]c(-c2cc(C([2H])(C)C)[c]([Ge]([CH3])([CH3])[CH3])cn2)cc1.[Ir].[c-]1ccc2c(oc3ccccc32)c1-c1nc2ccccc2n1-c1ccc2ccccc2c1. The van der Waals surface area contributed by atoms with Gasteiger partial charge >= 0.3 is 131 Å². The van der Waals surface area contributed by atoms with Crippen molar-refractivity contribution in [2.75, 3.05) is 0 Å². The first-order valence-electron chi connectivity index (χ1n) is 19.5. The zero-order valence-corrected chi connectivity index (χ0v) is 34.8. The number of benzene rings is 6. The molecule has 3 heterocycles.